The summed E-state index contributed by atoms with van der Waals surface area (Å²) in [6, 6.07) is 15.4. The molecule has 0 unspecified atom stereocenters. The lowest BCUT2D eigenvalue weighted by molar-refractivity contribution is 0.324. The second-order valence-electron chi connectivity index (χ2n) is 6.70. The Hall–Kier alpha value is -3.56. The summed E-state index contributed by atoms with van der Waals surface area (Å²) in [6.45, 7) is 0. The average Bonchev–Trinajstić information content (AvgIpc) is 3.52. The number of methoxy groups -OCH3 is 4. The molecule has 0 amide bonds. The van der Waals surface area contributed by atoms with E-state index in [-0.39, 0.29) is 0 Å². The molecule has 0 saturated heterocycles. The molecule has 0 atom stereocenters. The Morgan fingerprint density at radius 2 is 1.58 bits per heavy atom. The first-order chi connectivity index (χ1) is 16.2. The fourth-order valence-corrected chi connectivity index (χ4v) is 4.60. The van der Waals surface area contributed by atoms with Crippen molar-refractivity contribution in [3.63, 3.8) is 0 Å². The average molecular weight is 482 g/mol. The van der Waals surface area contributed by atoms with Crippen molar-refractivity contribution < 1.29 is 18.9 Å². The van der Waals surface area contributed by atoms with Crippen molar-refractivity contribution in [2.24, 2.45) is 10.1 Å². The van der Waals surface area contributed by atoms with Crippen LogP contribution in [0.5, 0.6) is 23.0 Å². The summed E-state index contributed by atoms with van der Waals surface area (Å²) in [7, 11) is 6.43. The predicted molar refractivity (Wildman–Crippen MR) is 133 cm³/mol. The van der Waals surface area contributed by atoms with E-state index in [1.807, 2.05) is 70.2 Å². The van der Waals surface area contributed by atoms with Gasteiger partial charge in [-0.2, -0.15) is 5.10 Å². The molecule has 4 rings (SSSR count). The van der Waals surface area contributed by atoms with E-state index in [1.54, 1.807) is 39.8 Å². The number of thiazole rings is 1. The van der Waals surface area contributed by atoms with E-state index >= 15 is 0 Å². The molecule has 0 radical (unpaired) electrons. The van der Waals surface area contributed by atoms with Gasteiger partial charge < -0.3 is 18.9 Å². The van der Waals surface area contributed by atoms with Crippen LogP contribution in [0.4, 0.5) is 5.69 Å². The molecular weight excluding hydrogens is 458 g/mol. The number of aromatic nitrogens is 1. The lowest BCUT2D eigenvalue weighted by Crippen LogP contribution is -2.11. The van der Waals surface area contributed by atoms with Gasteiger partial charge in [0, 0.05) is 15.8 Å². The highest BCUT2D eigenvalue weighted by atomic mass is 32.1. The van der Waals surface area contributed by atoms with Crippen LogP contribution < -0.4 is 23.7 Å². The minimum absolute atomic E-state index is 0.538. The molecule has 33 heavy (non-hydrogen) atoms. The van der Waals surface area contributed by atoms with Gasteiger partial charge in [-0.15, -0.1) is 22.7 Å². The molecule has 2 heterocycles. The van der Waals surface area contributed by atoms with Crippen LogP contribution in [-0.4, -0.2) is 39.3 Å². The Kier molecular flexibility index (Phi) is 7.11. The van der Waals surface area contributed by atoms with E-state index in [0.717, 1.165) is 32.4 Å². The highest BCUT2D eigenvalue weighted by Gasteiger charge is 2.17. The summed E-state index contributed by atoms with van der Waals surface area (Å²) >= 11 is 3.11. The maximum Gasteiger partial charge on any atom is 0.211 e. The Morgan fingerprint density at radius 3 is 2.15 bits per heavy atom. The van der Waals surface area contributed by atoms with E-state index in [9.17, 15) is 0 Å². The van der Waals surface area contributed by atoms with E-state index in [1.165, 1.54) is 11.3 Å². The molecule has 9 heteroatoms. The van der Waals surface area contributed by atoms with Crippen molar-refractivity contribution in [3.05, 3.63) is 69.0 Å². The molecule has 0 aliphatic carbocycles. The summed E-state index contributed by atoms with van der Waals surface area (Å²) in [6.07, 6.45) is 1.83. The van der Waals surface area contributed by atoms with Gasteiger partial charge in [-0.1, -0.05) is 6.07 Å². The molecule has 0 spiro atoms. The van der Waals surface area contributed by atoms with E-state index in [0.29, 0.717) is 17.2 Å². The third-order valence-electron chi connectivity index (χ3n) is 4.79. The summed E-state index contributed by atoms with van der Waals surface area (Å²) in [5.74, 6) is 2.46. The van der Waals surface area contributed by atoms with E-state index in [4.69, 9.17) is 29.0 Å². The molecule has 0 aliphatic rings. The summed E-state index contributed by atoms with van der Waals surface area (Å²) in [5, 5.41) is 8.77. The Labute approximate surface area is 199 Å². The van der Waals surface area contributed by atoms with Crippen LogP contribution >= 0.6 is 22.7 Å². The van der Waals surface area contributed by atoms with Crippen molar-refractivity contribution >= 4 is 34.6 Å². The zero-order valence-corrected chi connectivity index (χ0v) is 20.3. The molecule has 0 aliphatic heterocycles. The quantitative estimate of drug-likeness (QED) is 0.315. The number of benzene rings is 2. The maximum atomic E-state index is 5.54. The second-order valence-corrected chi connectivity index (χ2v) is 8.51. The summed E-state index contributed by atoms with van der Waals surface area (Å²) < 4.78 is 23.6. The van der Waals surface area contributed by atoms with E-state index in [2.05, 4.69) is 0 Å². The number of rotatable bonds is 8. The van der Waals surface area contributed by atoms with Crippen LogP contribution in [0.2, 0.25) is 0 Å². The zero-order chi connectivity index (χ0) is 23.2. The minimum Gasteiger partial charge on any atom is -0.497 e. The predicted octanol–water partition coefficient (Wildman–Crippen LogP) is 5.43. The van der Waals surface area contributed by atoms with Crippen LogP contribution in [0, 0.1) is 0 Å². The summed E-state index contributed by atoms with van der Waals surface area (Å²) in [5.41, 5.74) is 2.51. The monoisotopic (exact) mass is 481 g/mol. The lowest BCUT2D eigenvalue weighted by atomic mass is 10.1. The maximum absolute atomic E-state index is 5.54. The lowest BCUT2D eigenvalue weighted by Gasteiger charge is -2.14. The van der Waals surface area contributed by atoms with Crippen LogP contribution in [0.25, 0.3) is 11.3 Å². The normalized spacial score (nSPS) is 11.7. The van der Waals surface area contributed by atoms with Gasteiger partial charge in [-0.25, -0.2) is 9.67 Å². The van der Waals surface area contributed by atoms with Gasteiger partial charge in [0.1, 0.15) is 5.75 Å². The summed E-state index contributed by atoms with van der Waals surface area (Å²) in [4.78, 5) is 6.57. The third-order valence-corrected chi connectivity index (χ3v) is 6.41. The highest BCUT2D eigenvalue weighted by Crippen LogP contribution is 2.41. The number of thiophene rings is 1. The van der Waals surface area contributed by atoms with Gasteiger partial charge in [-0.05, 0) is 47.8 Å². The van der Waals surface area contributed by atoms with Crippen molar-refractivity contribution in [2.45, 2.75) is 0 Å². The molecule has 2 aromatic carbocycles. The van der Waals surface area contributed by atoms with Gasteiger partial charge in [0.05, 0.1) is 46.0 Å². The second kappa shape index (κ2) is 10.4. The molecule has 0 fully saturated rings. The minimum atomic E-state index is 0.538. The van der Waals surface area contributed by atoms with Crippen molar-refractivity contribution in [3.8, 4) is 34.3 Å². The standard InChI is InChI=1S/C24H23N3O4S2/c1-28-18-9-7-17(8-10-18)26-24-27(25-14-19-6-5-11-32-19)20(15-33-24)16-12-21(29-2)23(31-4)22(13-16)30-3/h5-15H,1-4H3. The molecule has 170 valence electrons. The van der Waals surface area contributed by atoms with Gasteiger partial charge in [0.2, 0.25) is 10.6 Å². The van der Waals surface area contributed by atoms with Gasteiger partial charge >= 0.3 is 0 Å². The van der Waals surface area contributed by atoms with Gasteiger partial charge in [0.15, 0.2) is 11.5 Å². The van der Waals surface area contributed by atoms with Crippen LogP contribution in [-0.2, 0) is 0 Å². The number of ether oxygens (including phenoxy) is 4. The topological polar surface area (TPSA) is 66.6 Å². The molecule has 7 nitrogen and oxygen atoms in total. The molecule has 2 aromatic heterocycles. The number of hydrogen-bond donors (Lipinski definition) is 0. The SMILES string of the molecule is COc1ccc(N=c2scc(-c3cc(OC)c(OC)c(OC)c3)n2N=Cc2cccs2)cc1. The van der Waals surface area contributed by atoms with Crippen molar-refractivity contribution in [2.75, 3.05) is 28.4 Å². The highest BCUT2D eigenvalue weighted by molar-refractivity contribution is 7.11. The number of hydrogen-bond acceptors (Lipinski definition) is 8. The Morgan fingerprint density at radius 1 is 0.848 bits per heavy atom. The van der Waals surface area contributed by atoms with Crippen LogP contribution in [0.1, 0.15) is 4.88 Å². The van der Waals surface area contributed by atoms with Crippen LogP contribution in [0.15, 0.2) is 69.4 Å². The van der Waals surface area contributed by atoms with Crippen molar-refractivity contribution in [1.29, 1.82) is 0 Å². The van der Waals surface area contributed by atoms with Crippen LogP contribution in [0.3, 0.4) is 0 Å². The fraction of sp³-hybridized carbons (Fsp3) is 0.167. The first kappa shape index (κ1) is 22.6. The first-order valence-corrected chi connectivity index (χ1v) is 11.7. The fourth-order valence-electron chi connectivity index (χ4n) is 3.16. The molecule has 4 aromatic rings. The molecule has 0 N–H and O–H groups in total. The molecule has 0 saturated carbocycles. The Bertz CT molecular complexity index is 1280. The zero-order valence-electron chi connectivity index (χ0n) is 18.6. The van der Waals surface area contributed by atoms with Crippen molar-refractivity contribution in [1.82, 2.24) is 4.68 Å². The first-order valence-electron chi connectivity index (χ1n) is 9.94. The molecular formula is C24H23N3O4S2. The van der Waals surface area contributed by atoms with Gasteiger partial charge in [0.25, 0.3) is 0 Å². The third kappa shape index (κ3) is 4.94. The van der Waals surface area contributed by atoms with E-state index < -0.39 is 0 Å². The molecule has 0 bridgehead atoms. The smallest absolute Gasteiger partial charge is 0.211 e. The largest absolute Gasteiger partial charge is 0.497 e. The number of nitrogens with zero attached hydrogens (tertiary/aromatic N) is 3. The van der Waals surface area contributed by atoms with Gasteiger partial charge in [-0.3, -0.25) is 0 Å². The Balaban J connectivity index is 1.87.